The summed E-state index contributed by atoms with van der Waals surface area (Å²) >= 11 is 0. The van der Waals surface area contributed by atoms with Gasteiger partial charge in [-0.25, -0.2) is 4.98 Å². The average molecular weight is 983 g/mol. The number of hydrogen-bond donors (Lipinski definition) is 0. The predicted molar refractivity (Wildman–Crippen MR) is 252 cm³/mol. The van der Waals surface area contributed by atoms with Gasteiger partial charge in [0.15, 0.2) is 0 Å². The fraction of sp³-hybridized carbons (Fsp3) is 0.158. The monoisotopic (exact) mass is 982 g/mol. The Morgan fingerprint density at radius 1 is 0.532 bits per heavy atom. The molecule has 2 aliphatic rings. The van der Waals surface area contributed by atoms with Crippen molar-refractivity contribution in [3.63, 3.8) is 0 Å². The summed E-state index contributed by atoms with van der Waals surface area (Å²) < 4.78 is 2.32. The minimum atomic E-state index is -0.752. The molecular formula is C57H47N4Pt-3. The van der Waals surface area contributed by atoms with E-state index in [2.05, 4.69) is 239 Å². The van der Waals surface area contributed by atoms with E-state index in [1.807, 2.05) is 6.20 Å². The molecule has 0 saturated heterocycles. The number of rotatable bonds is 5. The fourth-order valence-electron chi connectivity index (χ4n) is 9.73. The zero-order chi connectivity index (χ0) is 41.7. The topological polar surface area (TPSA) is 24.3 Å². The Morgan fingerprint density at radius 2 is 1.15 bits per heavy atom. The van der Waals surface area contributed by atoms with Gasteiger partial charge in [-0.15, -0.1) is 34.9 Å². The van der Waals surface area contributed by atoms with Crippen LogP contribution >= 0.6 is 0 Å². The van der Waals surface area contributed by atoms with Crippen LogP contribution in [-0.2, 0) is 37.3 Å². The van der Waals surface area contributed by atoms with Gasteiger partial charge in [0, 0.05) is 55.3 Å². The zero-order valence-corrected chi connectivity index (χ0v) is 38.1. The minimum Gasteiger partial charge on any atom is -0.493 e. The summed E-state index contributed by atoms with van der Waals surface area (Å²) in [6, 6.07) is 68.0. The molecule has 5 heteroatoms. The molecule has 0 saturated carbocycles. The van der Waals surface area contributed by atoms with Crippen LogP contribution in [0.5, 0.6) is 0 Å². The summed E-state index contributed by atoms with van der Waals surface area (Å²) in [5.74, 6) is 0.892. The van der Waals surface area contributed by atoms with Crippen LogP contribution in [0.15, 0.2) is 170 Å². The molecule has 1 aliphatic carbocycles. The number of benzene rings is 7. The van der Waals surface area contributed by atoms with Crippen LogP contribution in [0.1, 0.15) is 74.9 Å². The van der Waals surface area contributed by atoms with E-state index in [1.54, 1.807) is 0 Å². The molecule has 0 amide bonds. The molecule has 4 nitrogen and oxygen atoms in total. The quantitative estimate of drug-likeness (QED) is 0.161. The van der Waals surface area contributed by atoms with E-state index in [4.69, 9.17) is 4.98 Å². The van der Waals surface area contributed by atoms with E-state index >= 15 is 0 Å². The molecule has 62 heavy (non-hydrogen) atoms. The van der Waals surface area contributed by atoms with Crippen LogP contribution in [0.2, 0.25) is 0 Å². The molecule has 7 aromatic carbocycles. The molecule has 0 fully saturated rings. The summed E-state index contributed by atoms with van der Waals surface area (Å²) in [5, 5.41) is 2.33. The first-order chi connectivity index (χ1) is 29.5. The molecule has 1 aliphatic heterocycles. The van der Waals surface area contributed by atoms with Crippen LogP contribution in [-0.4, -0.2) is 9.55 Å². The van der Waals surface area contributed by atoms with Crippen molar-refractivity contribution in [2.45, 2.75) is 57.8 Å². The van der Waals surface area contributed by atoms with Crippen LogP contribution in [0.25, 0.3) is 38.8 Å². The van der Waals surface area contributed by atoms with Crippen molar-refractivity contribution >= 4 is 44.6 Å². The number of fused-ring (bicyclic) bond motifs is 7. The maximum Gasteiger partial charge on any atom is 0.135 e. The second kappa shape index (κ2) is 14.7. The fourth-order valence-corrected chi connectivity index (χ4v) is 9.73. The molecular weight excluding hydrogens is 936 g/mol. The number of anilines is 4. The van der Waals surface area contributed by atoms with Gasteiger partial charge in [-0.05, 0) is 86.5 Å². The third kappa shape index (κ3) is 6.09. The first-order valence-corrected chi connectivity index (χ1v) is 21.3. The summed E-state index contributed by atoms with van der Waals surface area (Å²) in [6.07, 6.45) is 1.95. The molecule has 9 aromatic rings. The molecule has 11 rings (SSSR count). The van der Waals surface area contributed by atoms with E-state index in [0.717, 1.165) is 56.1 Å². The molecule has 308 valence electrons. The molecule has 0 N–H and O–H groups in total. The Kier molecular flexibility index (Phi) is 9.46. The smallest absolute Gasteiger partial charge is 0.135 e. The first-order valence-electron chi connectivity index (χ1n) is 21.3. The summed E-state index contributed by atoms with van der Waals surface area (Å²) in [4.78, 5) is 9.64. The largest absolute Gasteiger partial charge is 0.493 e. The van der Waals surface area contributed by atoms with Gasteiger partial charge in [-0.3, -0.25) is 0 Å². The van der Waals surface area contributed by atoms with Gasteiger partial charge in [0.05, 0.1) is 0 Å². The van der Waals surface area contributed by atoms with Gasteiger partial charge in [-0.1, -0.05) is 144 Å². The number of pyridine rings is 1. The van der Waals surface area contributed by atoms with Gasteiger partial charge in [-0.2, -0.15) is 35.9 Å². The van der Waals surface area contributed by atoms with Crippen LogP contribution in [0, 0.1) is 18.8 Å². The summed E-state index contributed by atoms with van der Waals surface area (Å²) in [6.45, 7) is 15.9. The first kappa shape index (κ1) is 39.9. The van der Waals surface area contributed by atoms with Gasteiger partial charge < -0.3 is 14.4 Å². The Morgan fingerprint density at radius 3 is 1.84 bits per heavy atom. The van der Waals surface area contributed by atoms with Gasteiger partial charge in [0.2, 0.25) is 0 Å². The molecule has 0 spiro atoms. The second-order valence-electron chi connectivity index (χ2n) is 18.6. The van der Waals surface area contributed by atoms with Crippen molar-refractivity contribution in [3.05, 3.63) is 222 Å². The number of hydrogen-bond acceptors (Lipinski definition) is 3. The van der Waals surface area contributed by atoms with Gasteiger partial charge in [0.1, 0.15) is 5.82 Å². The van der Waals surface area contributed by atoms with Crippen molar-refractivity contribution < 1.29 is 21.1 Å². The Labute approximate surface area is 379 Å². The maximum absolute atomic E-state index is 5.03. The zero-order valence-electron chi connectivity index (χ0n) is 35.8. The van der Waals surface area contributed by atoms with E-state index < -0.39 is 5.41 Å². The van der Waals surface area contributed by atoms with Crippen molar-refractivity contribution in [3.8, 4) is 16.9 Å². The third-order valence-electron chi connectivity index (χ3n) is 12.8. The summed E-state index contributed by atoms with van der Waals surface area (Å²) in [7, 11) is 0. The molecule has 3 heterocycles. The van der Waals surface area contributed by atoms with E-state index in [9.17, 15) is 0 Å². The van der Waals surface area contributed by atoms with Crippen LogP contribution in [0.3, 0.4) is 0 Å². The summed E-state index contributed by atoms with van der Waals surface area (Å²) in [5.41, 5.74) is 15.1. The van der Waals surface area contributed by atoms with Crippen LogP contribution in [0.4, 0.5) is 22.7 Å². The Balaban J connectivity index is 0.00000458. The SMILES string of the molecule is CC(C)(C)c1cc(N2[CH-]N(c3ccccc3)c3ccccc32)[c-]c(C2(c3[c-]c4c(cc3)c3ccccc3n4-c3cc(C(C)(C)C)ccn3)c3ccccc3-c3ccccc32)c1.[Pt]. The minimum absolute atomic E-state index is 0. The van der Waals surface area contributed by atoms with E-state index in [0.29, 0.717) is 0 Å². The maximum atomic E-state index is 5.03. The third-order valence-corrected chi connectivity index (χ3v) is 12.8. The number of para-hydroxylation sites is 4. The molecule has 0 bridgehead atoms. The molecule has 0 unspecified atom stereocenters. The second-order valence-corrected chi connectivity index (χ2v) is 18.6. The number of nitrogens with zero attached hydrogens (tertiary/aromatic N) is 4. The van der Waals surface area contributed by atoms with Crippen molar-refractivity contribution in [1.29, 1.82) is 0 Å². The van der Waals surface area contributed by atoms with Crippen molar-refractivity contribution in [1.82, 2.24) is 9.55 Å². The molecule has 0 atom stereocenters. The Bertz CT molecular complexity index is 3120. The van der Waals surface area contributed by atoms with E-state index in [-0.39, 0.29) is 31.9 Å². The Hall–Kier alpha value is -6.22. The predicted octanol–water partition coefficient (Wildman–Crippen LogP) is 14.1. The standard InChI is InChI=1S/C57H47N4.Pt/c1-55(2,3)38-30-31-58-54(36-38)61-50-25-15-12-22-46(50)47-29-28-39(35-53(47)61)57(48-23-13-10-20-44(48)45-21-11-14-24-49(45)57)41-32-40(56(4,5)6)33-43(34-41)60-37-59(42-18-8-7-9-19-42)51-26-16-17-27-52(51)60;/h7-33,36-37H,1-6H3;/q-3;. The van der Waals surface area contributed by atoms with Gasteiger partial charge in [0.25, 0.3) is 0 Å². The van der Waals surface area contributed by atoms with E-state index in [1.165, 1.54) is 38.8 Å². The van der Waals surface area contributed by atoms with Crippen molar-refractivity contribution in [2.75, 3.05) is 9.80 Å². The molecule has 0 radical (unpaired) electrons. The van der Waals surface area contributed by atoms with Gasteiger partial charge >= 0.3 is 0 Å². The van der Waals surface area contributed by atoms with Crippen LogP contribution < -0.4 is 9.80 Å². The average Bonchev–Trinajstić information content (AvgIpc) is 3.93. The number of aromatic nitrogens is 2. The van der Waals surface area contributed by atoms with Crippen molar-refractivity contribution in [2.24, 2.45) is 0 Å². The molecule has 2 aromatic heterocycles. The normalized spacial score (nSPS) is 14.2.